The number of nitrogens with zero attached hydrogens (tertiary/aromatic N) is 1. The topological polar surface area (TPSA) is 46.6 Å². The molecule has 7 heteroatoms. The predicted octanol–water partition coefficient (Wildman–Crippen LogP) is 3.08. The lowest BCUT2D eigenvalue weighted by Crippen LogP contribution is -2.32. The Morgan fingerprint density at radius 2 is 1.72 bits per heavy atom. The van der Waals surface area contributed by atoms with Crippen molar-refractivity contribution >= 4 is 17.5 Å². The number of carbonyl (C=O) groups is 2. The van der Waals surface area contributed by atoms with E-state index >= 15 is 0 Å². The standard InChI is InChI=1S/C18H16F3NO3/c19-18(20,21)9-25-8-10-2-1-3-13(6-10)22-16(23)14-11-4-5-12(7-11)15(14)17(22)24/h1-6,11-12,14-15H,7-9H2/t11-,12-,14+,15+/m0/s1. The maximum absolute atomic E-state index is 12.7. The Bertz CT molecular complexity index is 728. The molecule has 132 valence electrons. The number of fused-ring (bicyclic) bond motifs is 5. The van der Waals surface area contributed by atoms with Gasteiger partial charge in [-0.1, -0.05) is 24.3 Å². The summed E-state index contributed by atoms with van der Waals surface area (Å²) in [4.78, 5) is 26.7. The van der Waals surface area contributed by atoms with Crippen molar-refractivity contribution in [1.29, 1.82) is 0 Å². The number of allylic oxidation sites excluding steroid dienone is 2. The van der Waals surface area contributed by atoms with E-state index in [0.29, 0.717) is 11.3 Å². The van der Waals surface area contributed by atoms with Gasteiger partial charge in [0.1, 0.15) is 6.61 Å². The zero-order valence-corrected chi connectivity index (χ0v) is 13.2. The second-order valence-electron chi connectivity index (χ2n) is 6.79. The van der Waals surface area contributed by atoms with Crippen molar-refractivity contribution in [3.63, 3.8) is 0 Å². The highest BCUT2D eigenvalue weighted by atomic mass is 19.4. The summed E-state index contributed by atoms with van der Waals surface area (Å²) in [6, 6.07) is 6.39. The number of benzene rings is 1. The van der Waals surface area contributed by atoms with Crippen molar-refractivity contribution in [3.05, 3.63) is 42.0 Å². The summed E-state index contributed by atoms with van der Waals surface area (Å²) >= 11 is 0. The molecule has 3 aliphatic rings. The van der Waals surface area contributed by atoms with Gasteiger partial charge in [-0.15, -0.1) is 0 Å². The largest absolute Gasteiger partial charge is 0.411 e. The molecular weight excluding hydrogens is 335 g/mol. The molecule has 1 saturated carbocycles. The van der Waals surface area contributed by atoms with Crippen LogP contribution < -0.4 is 4.90 Å². The molecule has 0 spiro atoms. The maximum atomic E-state index is 12.7. The summed E-state index contributed by atoms with van der Waals surface area (Å²) in [5.74, 6) is -0.773. The fourth-order valence-corrected chi connectivity index (χ4v) is 4.23. The molecule has 4 rings (SSSR count). The lowest BCUT2D eigenvalue weighted by Gasteiger charge is -2.18. The molecule has 4 atom stereocenters. The van der Waals surface area contributed by atoms with Crippen LogP contribution >= 0.6 is 0 Å². The molecule has 25 heavy (non-hydrogen) atoms. The second kappa shape index (κ2) is 5.69. The first kappa shape index (κ1) is 16.3. The van der Waals surface area contributed by atoms with Crippen molar-refractivity contribution in [1.82, 2.24) is 0 Å². The molecule has 2 amide bonds. The molecule has 0 aromatic heterocycles. The van der Waals surface area contributed by atoms with Gasteiger partial charge < -0.3 is 4.74 Å². The first-order valence-electron chi connectivity index (χ1n) is 8.15. The third kappa shape index (κ3) is 2.76. The molecule has 0 N–H and O–H groups in total. The van der Waals surface area contributed by atoms with Crippen LogP contribution in [0.25, 0.3) is 0 Å². The first-order chi connectivity index (χ1) is 11.8. The minimum atomic E-state index is -4.39. The van der Waals surface area contributed by atoms with Crippen LogP contribution in [-0.4, -0.2) is 24.6 Å². The monoisotopic (exact) mass is 351 g/mol. The Morgan fingerprint density at radius 3 is 2.32 bits per heavy atom. The molecule has 1 saturated heterocycles. The Morgan fingerprint density at radius 1 is 1.08 bits per heavy atom. The molecular formula is C18H16F3NO3. The van der Waals surface area contributed by atoms with Crippen molar-refractivity contribution in [2.45, 2.75) is 19.2 Å². The molecule has 1 aliphatic heterocycles. The summed E-state index contributed by atoms with van der Waals surface area (Å²) in [6.45, 7) is -1.57. The van der Waals surface area contributed by atoms with Crippen LogP contribution in [0.2, 0.25) is 0 Å². The quantitative estimate of drug-likeness (QED) is 0.619. The van der Waals surface area contributed by atoms with Gasteiger partial charge in [0.15, 0.2) is 0 Å². The van der Waals surface area contributed by atoms with Gasteiger partial charge in [0, 0.05) is 0 Å². The Kier molecular flexibility index (Phi) is 3.72. The number of ether oxygens (including phenoxy) is 1. The normalized spacial score (nSPS) is 30.4. The van der Waals surface area contributed by atoms with Gasteiger partial charge in [-0.05, 0) is 36.0 Å². The fourth-order valence-electron chi connectivity index (χ4n) is 4.23. The Labute approximate surface area is 142 Å². The zero-order chi connectivity index (χ0) is 17.8. The fraction of sp³-hybridized carbons (Fsp3) is 0.444. The number of rotatable bonds is 4. The SMILES string of the molecule is O=C1[C@H]2[C@H](C(=O)N1c1cccc(COCC(F)(F)F)c1)[C@H]1C=C[C@H]2C1. The molecule has 2 fully saturated rings. The van der Waals surface area contributed by atoms with E-state index in [0.717, 1.165) is 6.42 Å². The molecule has 0 unspecified atom stereocenters. The van der Waals surface area contributed by atoms with Crippen LogP contribution in [0.3, 0.4) is 0 Å². The lowest BCUT2D eigenvalue weighted by molar-refractivity contribution is -0.176. The number of anilines is 1. The summed E-state index contributed by atoms with van der Waals surface area (Å²) in [5, 5.41) is 0. The van der Waals surface area contributed by atoms with Crippen molar-refractivity contribution < 1.29 is 27.5 Å². The minimum Gasteiger partial charge on any atom is -0.367 e. The molecule has 1 aromatic carbocycles. The number of amides is 2. The highest BCUT2D eigenvalue weighted by Crippen LogP contribution is 2.53. The number of alkyl halides is 3. The van der Waals surface area contributed by atoms with E-state index < -0.39 is 12.8 Å². The molecule has 1 heterocycles. The third-order valence-electron chi connectivity index (χ3n) is 5.17. The third-order valence-corrected chi connectivity index (χ3v) is 5.17. The highest BCUT2D eigenvalue weighted by Gasteiger charge is 2.59. The van der Waals surface area contributed by atoms with Crippen LogP contribution in [0.5, 0.6) is 0 Å². The van der Waals surface area contributed by atoms with Gasteiger partial charge >= 0.3 is 6.18 Å². The summed E-state index contributed by atoms with van der Waals surface area (Å²) < 4.78 is 41.2. The van der Waals surface area contributed by atoms with Crippen molar-refractivity contribution in [2.24, 2.45) is 23.7 Å². The lowest BCUT2D eigenvalue weighted by atomic mass is 9.85. The zero-order valence-electron chi connectivity index (χ0n) is 13.2. The van der Waals surface area contributed by atoms with Gasteiger partial charge in [0.2, 0.25) is 11.8 Å². The number of hydrogen-bond acceptors (Lipinski definition) is 3. The molecule has 2 bridgehead atoms. The number of hydrogen-bond donors (Lipinski definition) is 0. The highest BCUT2D eigenvalue weighted by molar-refractivity contribution is 6.22. The maximum Gasteiger partial charge on any atom is 0.411 e. The summed E-state index contributed by atoms with van der Waals surface area (Å²) in [6.07, 6.45) is 0.498. The Hall–Kier alpha value is -2.15. The van der Waals surface area contributed by atoms with Crippen LogP contribution in [0.4, 0.5) is 18.9 Å². The van der Waals surface area contributed by atoms with E-state index in [1.165, 1.54) is 4.90 Å². The van der Waals surface area contributed by atoms with E-state index in [-0.39, 0.29) is 42.1 Å². The van der Waals surface area contributed by atoms with Crippen LogP contribution in [0.15, 0.2) is 36.4 Å². The van der Waals surface area contributed by atoms with Crippen LogP contribution in [0.1, 0.15) is 12.0 Å². The first-order valence-corrected chi connectivity index (χ1v) is 8.15. The smallest absolute Gasteiger partial charge is 0.367 e. The molecule has 4 nitrogen and oxygen atoms in total. The van der Waals surface area contributed by atoms with E-state index in [9.17, 15) is 22.8 Å². The molecule has 0 radical (unpaired) electrons. The predicted molar refractivity (Wildman–Crippen MR) is 82.4 cm³/mol. The average molecular weight is 351 g/mol. The average Bonchev–Trinajstić information content (AvgIpc) is 3.20. The second-order valence-corrected chi connectivity index (χ2v) is 6.79. The van der Waals surface area contributed by atoms with Crippen LogP contribution in [-0.2, 0) is 20.9 Å². The van der Waals surface area contributed by atoms with Crippen LogP contribution in [0, 0.1) is 23.7 Å². The van der Waals surface area contributed by atoms with Gasteiger partial charge in [-0.2, -0.15) is 13.2 Å². The van der Waals surface area contributed by atoms with E-state index in [1.807, 2.05) is 12.2 Å². The van der Waals surface area contributed by atoms with Gasteiger partial charge in [0.25, 0.3) is 0 Å². The molecule has 1 aromatic rings. The van der Waals surface area contributed by atoms with Gasteiger partial charge in [-0.3, -0.25) is 14.5 Å². The number of carbonyl (C=O) groups excluding carboxylic acids is 2. The van der Waals surface area contributed by atoms with Gasteiger partial charge in [-0.25, -0.2) is 0 Å². The minimum absolute atomic E-state index is 0.120. The van der Waals surface area contributed by atoms with Gasteiger partial charge in [0.05, 0.1) is 24.1 Å². The summed E-state index contributed by atoms with van der Waals surface area (Å²) in [5.41, 5.74) is 0.886. The number of imide groups is 1. The number of halogens is 3. The summed E-state index contributed by atoms with van der Waals surface area (Å²) in [7, 11) is 0. The van der Waals surface area contributed by atoms with E-state index in [2.05, 4.69) is 4.74 Å². The van der Waals surface area contributed by atoms with E-state index in [4.69, 9.17) is 0 Å². The van der Waals surface area contributed by atoms with Crippen molar-refractivity contribution in [2.75, 3.05) is 11.5 Å². The van der Waals surface area contributed by atoms with E-state index in [1.54, 1.807) is 24.3 Å². The Balaban J connectivity index is 1.52. The van der Waals surface area contributed by atoms with Crippen molar-refractivity contribution in [3.8, 4) is 0 Å². The molecule has 2 aliphatic carbocycles.